The number of benzene rings is 2. The first-order chi connectivity index (χ1) is 10.1. The van der Waals surface area contributed by atoms with Gasteiger partial charge in [-0.15, -0.1) is 0 Å². The van der Waals surface area contributed by atoms with Crippen LogP contribution in [-0.4, -0.2) is 13.7 Å². The van der Waals surface area contributed by atoms with Gasteiger partial charge in [-0.3, -0.25) is 0 Å². The number of halogens is 1. The van der Waals surface area contributed by atoms with Crippen LogP contribution in [0.25, 0.3) is 0 Å². The van der Waals surface area contributed by atoms with E-state index in [4.69, 9.17) is 16.3 Å². The number of ether oxygens (including phenoxy) is 1. The molecule has 2 aromatic carbocycles. The van der Waals surface area contributed by atoms with Gasteiger partial charge in [-0.05, 0) is 43.7 Å². The van der Waals surface area contributed by atoms with Crippen LogP contribution in [0.2, 0.25) is 5.02 Å². The minimum absolute atomic E-state index is 0.186. The van der Waals surface area contributed by atoms with E-state index in [9.17, 15) is 0 Å². The van der Waals surface area contributed by atoms with Gasteiger partial charge in [0.25, 0.3) is 0 Å². The lowest BCUT2D eigenvalue weighted by Gasteiger charge is -2.21. The highest BCUT2D eigenvalue weighted by atomic mass is 35.5. The number of hydrogen-bond acceptors (Lipinski definition) is 2. The normalized spacial score (nSPS) is 12.2. The van der Waals surface area contributed by atoms with Crippen molar-refractivity contribution in [2.45, 2.75) is 26.3 Å². The molecule has 0 amide bonds. The van der Waals surface area contributed by atoms with Crippen LogP contribution in [0.5, 0.6) is 5.75 Å². The Hall–Kier alpha value is -1.51. The van der Waals surface area contributed by atoms with Crippen LogP contribution in [0.3, 0.4) is 0 Å². The zero-order valence-electron chi connectivity index (χ0n) is 12.8. The third-order valence-electron chi connectivity index (χ3n) is 3.58. The van der Waals surface area contributed by atoms with Gasteiger partial charge < -0.3 is 10.1 Å². The molecule has 0 saturated heterocycles. The lowest BCUT2D eigenvalue weighted by atomic mass is 9.97. The second-order valence-corrected chi connectivity index (χ2v) is 5.62. The molecule has 3 heteroatoms. The first-order valence-corrected chi connectivity index (χ1v) is 7.64. The molecule has 0 heterocycles. The lowest BCUT2D eigenvalue weighted by Crippen LogP contribution is -2.23. The summed E-state index contributed by atoms with van der Waals surface area (Å²) in [6.45, 7) is 5.11. The van der Waals surface area contributed by atoms with E-state index in [1.807, 2.05) is 18.2 Å². The van der Waals surface area contributed by atoms with Crippen molar-refractivity contribution in [2.75, 3.05) is 13.7 Å². The quantitative estimate of drug-likeness (QED) is 0.845. The van der Waals surface area contributed by atoms with Crippen molar-refractivity contribution >= 4 is 11.6 Å². The van der Waals surface area contributed by atoms with E-state index in [1.165, 1.54) is 11.1 Å². The van der Waals surface area contributed by atoms with Crippen molar-refractivity contribution in [1.82, 2.24) is 5.32 Å². The summed E-state index contributed by atoms with van der Waals surface area (Å²) >= 11 is 6.16. The van der Waals surface area contributed by atoms with Crippen molar-refractivity contribution in [3.63, 3.8) is 0 Å². The van der Waals surface area contributed by atoms with Crippen molar-refractivity contribution in [2.24, 2.45) is 0 Å². The van der Waals surface area contributed by atoms with Crippen molar-refractivity contribution in [3.05, 3.63) is 64.2 Å². The van der Waals surface area contributed by atoms with Crippen LogP contribution in [0, 0.1) is 6.92 Å². The predicted molar refractivity (Wildman–Crippen MR) is 89.3 cm³/mol. The number of hydrogen-bond donors (Lipinski definition) is 1. The largest absolute Gasteiger partial charge is 0.496 e. The Morgan fingerprint density at radius 3 is 2.48 bits per heavy atom. The standard InChI is InChI=1S/C18H22ClNO/c1-4-20-17(11-14-7-5-13(2)6-8-14)16-12-15(19)9-10-18(16)21-3/h5-10,12,17,20H,4,11H2,1-3H3. The summed E-state index contributed by atoms with van der Waals surface area (Å²) in [5.74, 6) is 0.873. The maximum absolute atomic E-state index is 6.16. The second kappa shape index (κ2) is 7.48. The van der Waals surface area contributed by atoms with Crippen molar-refractivity contribution < 1.29 is 4.74 Å². The summed E-state index contributed by atoms with van der Waals surface area (Å²) in [5.41, 5.74) is 3.68. The van der Waals surface area contributed by atoms with Crippen LogP contribution in [0.15, 0.2) is 42.5 Å². The summed E-state index contributed by atoms with van der Waals surface area (Å²) < 4.78 is 5.49. The number of aryl methyl sites for hydroxylation is 1. The van der Waals surface area contributed by atoms with Gasteiger partial charge in [0.05, 0.1) is 7.11 Å². The Morgan fingerprint density at radius 1 is 1.14 bits per heavy atom. The molecule has 1 atom stereocenters. The van der Waals surface area contributed by atoms with E-state index in [0.717, 1.165) is 29.3 Å². The molecule has 1 N–H and O–H groups in total. The van der Waals surface area contributed by atoms with Crippen LogP contribution >= 0.6 is 11.6 Å². The maximum atomic E-state index is 6.16. The first kappa shape index (κ1) is 15.9. The zero-order valence-corrected chi connectivity index (χ0v) is 13.6. The number of methoxy groups -OCH3 is 1. The molecule has 112 valence electrons. The SMILES string of the molecule is CCNC(Cc1ccc(C)cc1)c1cc(Cl)ccc1OC. The van der Waals surface area contributed by atoms with Gasteiger partial charge in [-0.25, -0.2) is 0 Å². The average molecular weight is 304 g/mol. The summed E-state index contributed by atoms with van der Waals surface area (Å²) in [4.78, 5) is 0. The molecule has 2 aromatic rings. The molecular formula is C18H22ClNO. The molecule has 2 rings (SSSR count). The van der Waals surface area contributed by atoms with Gasteiger partial charge in [0, 0.05) is 16.6 Å². The first-order valence-electron chi connectivity index (χ1n) is 7.26. The van der Waals surface area contributed by atoms with E-state index < -0.39 is 0 Å². The molecule has 0 aliphatic rings. The molecule has 0 aliphatic heterocycles. The second-order valence-electron chi connectivity index (χ2n) is 5.19. The summed E-state index contributed by atoms with van der Waals surface area (Å²) in [6.07, 6.45) is 0.908. The van der Waals surface area contributed by atoms with E-state index >= 15 is 0 Å². The summed E-state index contributed by atoms with van der Waals surface area (Å²) in [7, 11) is 1.70. The van der Waals surface area contributed by atoms with Crippen LogP contribution in [0.1, 0.15) is 29.7 Å². The molecule has 0 aromatic heterocycles. The summed E-state index contributed by atoms with van der Waals surface area (Å²) in [5, 5.41) is 4.26. The maximum Gasteiger partial charge on any atom is 0.123 e. The van der Waals surface area contributed by atoms with Gasteiger partial charge in [0.15, 0.2) is 0 Å². The molecule has 0 radical (unpaired) electrons. The van der Waals surface area contributed by atoms with E-state index in [0.29, 0.717) is 0 Å². The highest BCUT2D eigenvalue weighted by molar-refractivity contribution is 6.30. The molecule has 1 unspecified atom stereocenters. The molecule has 2 nitrogen and oxygen atoms in total. The molecule has 0 bridgehead atoms. The minimum Gasteiger partial charge on any atom is -0.496 e. The Labute approximate surface area is 132 Å². The lowest BCUT2D eigenvalue weighted by molar-refractivity contribution is 0.399. The Balaban J connectivity index is 2.30. The van der Waals surface area contributed by atoms with Crippen molar-refractivity contribution in [1.29, 1.82) is 0 Å². The van der Waals surface area contributed by atoms with Crippen LogP contribution < -0.4 is 10.1 Å². The van der Waals surface area contributed by atoms with Gasteiger partial charge in [0.2, 0.25) is 0 Å². The Kier molecular flexibility index (Phi) is 5.66. The predicted octanol–water partition coefficient (Wildman–Crippen LogP) is 4.55. The van der Waals surface area contributed by atoms with Gasteiger partial charge in [-0.1, -0.05) is 48.4 Å². The molecule has 0 saturated carbocycles. The molecule has 0 spiro atoms. The third-order valence-corrected chi connectivity index (χ3v) is 3.81. The fourth-order valence-electron chi connectivity index (χ4n) is 2.48. The number of nitrogens with one attached hydrogen (secondary N) is 1. The van der Waals surface area contributed by atoms with E-state index in [-0.39, 0.29) is 6.04 Å². The Morgan fingerprint density at radius 2 is 1.86 bits per heavy atom. The molecular weight excluding hydrogens is 282 g/mol. The van der Waals surface area contributed by atoms with E-state index in [1.54, 1.807) is 7.11 Å². The molecule has 21 heavy (non-hydrogen) atoms. The van der Waals surface area contributed by atoms with Crippen molar-refractivity contribution in [3.8, 4) is 5.75 Å². The van der Waals surface area contributed by atoms with Crippen LogP contribution in [0.4, 0.5) is 0 Å². The molecule has 0 fully saturated rings. The van der Waals surface area contributed by atoms with Gasteiger partial charge >= 0.3 is 0 Å². The van der Waals surface area contributed by atoms with E-state index in [2.05, 4.69) is 43.4 Å². The summed E-state index contributed by atoms with van der Waals surface area (Å²) in [6, 6.07) is 14.6. The fraction of sp³-hybridized carbons (Fsp3) is 0.333. The number of likely N-dealkylation sites (N-methyl/N-ethyl adjacent to an activating group) is 1. The number of rotatable bonds is 6. The highest BCUT2D eigenvalue weighted by Crippen LogP contribution is 2.30. The fourth-order valence-corrected chi connectivity index (χ4v) is 2.66. The third kappa shape index (κ3) is 4.23. The van der Waals surface area contributed by atoms with Crippen LogP contribution in [-0.2, 0) is 6.42 Å². The van der Waals surface area contributed by atoms with Gasteiger partial charge in [-0.2, -0.15) is 0 Å². The monoisotopic (exact) mass is 303 g/mol. The average Bonchev–Trinajstić information content (AvgIpc) is 2.49. The topological polar surface area (TPSA) is 21.3 Å². The van der Waals surface area contributed by atoms with Gasteiger partial charge in [0.1, 0.15) is 5.75 Å². The smallest absolute Gasteiger partial charge is 0.123 e. The molecule has 0 aliphatic carbocycles. The minimum atomic E-state index is 0.186. The Bertz CT molecular complexity index is 580. The highest BCUT2D eigenvalue weighted by Gasteiger charge is 2.16. The zero-order chi connectivity index (χ0) is 15.2.